The van der Waals surface area contributed by atoms with Crippen molar-refractivity contribution >= 4 is 27.5 Å². The highest BCUT2D eigenvalue weighted by molar-refractivity contribution is 7.89. The number of ether oxygens (including phenoxy) is 2. The molecule has 0 saturated carbocycles. The number of hydrogen-bond acceptors (Lipinski definition) is 5. The first-order valence-electron chi connectivity index (χ1n) is 8.63. The minimum absolute atomic E-state index is 0.160. The van der Waals surface area contributed by atoms with Crippen molar-refractivity contribution in [2.75, 3.05) is 26.9 Å². The van der Waals surface area contributed by atoms with Crippen LogP contribution in [0, 0.1) is 0 Å². The Balaban J connectivity index is 1.74. The van der Waals surface area contributed by atoms with Crippen LogP contribution in [-0.4, -0.2) is 41.2 Å². The van der Waals surface area contributed by atoms with E-state index in [1.165, 1.54) is 19.2 Å². The van der Waals surface area contributed by atoms with Crippen molar-refractivity contribution in [3.05, 3.63) is 59.1 Å². The summed E-state index contributed by atoms with van der Waals surface area (Å²) in [6.45, 7) is 1.05. The summed E-state index contributed by atoms with van der Waals surface area (Å²) in [5.41, 5.74) is 0.794. The molecule has 2 N–H and O–H groups in total. The molecule has 28 heavy (non-hydrogen) atoms. The van der Waals surface area contributed by atoms with E-state index in [2.05, 4.69) is 10.0 Å². The average Bonchev–Trinajstić information content (AvgIpc) is 2.68. The number of methoxy groups -OCH3 is 1. The number of amides is 1. The number of rotatable bonds is 11. The maximum atomic E-state index is 12.1. The molecule has 152 valence electrons. The highest BCUT2D eigenvalue weighted by Crippen LogP contribution is 2.15. The molecule has 0 aliphatic rings. The van der Waals surface area contributed by atoms with Crippen molar-refractivity contribution in [3.63, 3.8) is 0 Å². The zero-order valence-corrected chi connectivity index (χ0v) is 17.1. The molecular formula is C19H23ClN2O5S. The van der Waals surface area contributed by atoms with Crippen molar-refractivity contribution in [2.24, 2.45) is 0 Å². The van der Waals surface area contributed by atoms with E-state index in [1.54, 1.807) is 36.4 Å². The third-order valence-corrected chi connectivity index (χ3v) is 5.46. The Morgan fingerprint density at radius 3 is 2.36 bits per heavy atom. The molecule has 2 aromatic carbocycles. The number of nitrogens with one attached hydrogen (secondary N) is 2. The first-order valence-corrected chi connectivity index (χ1v) is 10.5. The first kappa shape index (κ1) is 22.2. The van der Waals surface area contributed by atoms with Gasteiger partial charge in [-0.3, -0.25) is 4.79 Å². The van der Waals surface area contributed by atoms with Crippen LogP contribution in [0.4, 0.5) is 0 Å². The Bertz CT molecular complexity index is 855. The van der Waals surface area contributed by atoms with E-state index in [0.29, 0.717) is 23.9 Å². The van der Waals surface area contributed by atoms with Crippen molar-refractivity contribution < 1.29 is 22.7 Å². The lowest BCUT2D eigenvalue weighted by atomic mass is 10.2. The van der Waals surface area contributed by atoms with Crippen LogP contribution in [-0.2, 0) is 26.1 Å². The second kappa shape index (κ2) is 11.0. The van der Waals surface area contributed by atoms with Crippen molar-refractivity contribution in [1.29, 1.82) is 0 Å². The molecule has 0 aliphatic heterocycles. The molecule has 2 aromatic rings. The zero-order chi connectivity index (χ0) is 20.4. The minimum atomic E-state index is -3.56. The summed E-state index contributed by atoms with van der Waals surface area (Å²) in [5, 5.41) is 3.39. The number of benzene rings is 2. The minimum Gasteiger partial charge on any atom is -0.493 e. The van der Waals surface area contributed by atoms with Gasteiger partial charge in [0.1, 0.15) is 5.75 Å². The van der Waals surface area contributed by atoms with Gasteiger partial charge in [-0.25, -0.2) is 13.1 Å². The fraction of sp³-hybridized carbons (Fsp3) is 0.316. The van der Waals surface area contributed by atoms with Crippen LogP contribution < -0.4 is 14.8 Å². The van der Waals surface area contributed by atoms with Crippen molar-refractivity contribution in [1.82, 2.24) is 10.0 Å². The van der Waals surface area contributed by atoms with E-state index in [1.807, 2.05) is 0 Å². The SMILES string of the molecule is COCCNS(=O)(=O)c1ccc(CNC(=O)CCOc2ccc(Cl)cc2)cc1. The van der Waals surface area contributed by atoms with Crippen LogP contribution >= 0.6 is 11.6 Å². The third-order valence-electron chi connectivity index (χ3n) is 3.73. The van der Waals surface area contributed by atoms with Gasteiger partial charge in [0.05, 0.1) is 24.5 Å². The van der Waals surface area contributed by atoms with Crippen LogP contribution in [0.15, 0.2) is 53.4 Å². The summed E-state index contributed by atoms with van der Waals surface area (Å²) in [5.74, 6) is 0.486. The van der Waals surface area contributed by atoms with Gasteiger partial charge in [-0.1, -0.05) is 23.7 Å². The standard InChI is InChI=1S/C19H23ClN2O5S/c1-26-13-11-22-28(24,25)18-8-2-15(3-9-18)14-21-19(23)10-12-27-17-6-4-16(20)5-7-17/h2-9,22H,10-14H2,1H3,(H,21,23). The van der Waals surface area contributed by atoms with Gasteiger partial charge >= 0.3 is 0 Å². The topological polar surface area (TPSA) is 93.7 Å². The highest BCUT2D eigenvalue weighted by atomic mass is 35.5. The Morgan fingerprint density at radius 2 is 1.71 bits per heavy atom. The summed E-state index contributed by atoms with van der Waals surface area (Å²) in [7, 11) is -2.06. The summed E-state index contributed by atoms with van der Waals surface area (Å²) in [6.07, 6.45) is 0.207. The number of carbonyl (C=O) groups is 1. The second-order valence-corrected chi connectivity index (χ2v) is 8.07. The van der Waals surface area contributed by atoms with E-state index in [9.17, 15) is 13.2 Å². The van der Waals surface area contributed by atoms with Crippen LogP contribution in [0.1, 0.15) is 12.0 Å². The fourth-order valence-corrected chi connectivity index (χ4v) is 3.37. The molecule has 0 aliphatic carbocycles. The third kappa shape index (κ3) is 7.47. The maximum absolute atomic E-state index is 12.1. The van der Waals surface area contributed by atoms with E-state index in [-0.39, 0.29) is 30.4 Å². The molecule has 0 atom stereocenters. The molecule has 2 rings (SSSR count). The fourth-order valence-electron chi connectivity index (χ4n) is 2.23. The van der Waals surface area contributed by atoms with Gasteiger partial charge in [-0.2, -0.15) is 0 Å². The lowest BCUT2D eigenvalue weighted by Crippen LogP contribution is -2.27. The number of carbonyl (C=O) groups excluding carboxylic acids is 1. The molecule has 0 heterocycles. The monoisotopic (exact) mass is 426 g/mol. The van der Waals surface area contributed by atoms with Gasteiger partial charge in [0, 0.05) is 25.2 Å². The normalized spacial score (nSPS) is 11.2. The number of sulfonamides is 1. The van der Waals surface area contributed by atoms with Gasteiger partial charge in [-0.15, -0.1) is 0 Å². The molecule has 0 aromatic heterocycles. The number of halogens is 1. The smallest absolute Gasteiger partial charge is 0.240 e. The predicted octanol–water partition coefficient (Wildman–Crippen LogP) is 2.35. The molecule has 7 nitrogen and oxygen atoms in total. The summed E-state index contributed by atoms with van der Waals surface area (Å²) in [6, 6.07) is 13.2. The molecule has 0 radical (unpaired) electrons. The lowest BCUT2D eigenvalue weighted by molar-refractivity contribution is -0.121. The Labute approximate surface area is 170 Å². The molecule has 0 bridgehead atoms. The Morgan fingerprint density at radius 1 is 1.04 bits per heavy atom. The quantitative estimate of drug-likeness (QED) is 0.538. The van der Waals surface area contributed by atoms with E-state index in [0.717, 1.165) is 5.56 Å². The van der Waals surface area contributed by atoms with Gasteiger partial charge in [-0.05, 0) is 42.0 Å². The van der Waals surface area contributed by atoms with Gasteiger partial charge in [0.25, 0.3) is 0 Å². The average molecular weight is 427 g/mol. The van der Waals surface area contributed by atoms with Crippen LogP contribution in [0.2, 0.25) is 5.02 Å². The van der Waals surface area contributed by atoms with Crippen LogP contribution in [0.3, 0.4) is 0 Å². The lowest BCUT2D eigenvalue weighted by Gasteiger charge is -2.09. The van der Waals surface area contributed by atoms with Crippen molar-refractivity contribution in [3.8, 4) is 5.75 Å². The first-order chi connectivity index (χ1) is 13.4. The predicted molar refractivity (Wildman–Crippen MR) is 107 cm³/mol. The summed E-state index contributed by atoms with van der Waals surface area (Å²) in [4.78, 5) is 12.1. The van der Waals surface area contributed by atoms with E-state index in [4.69, 9.17) is 21.1 Å². The van der Waals surface area contributed by atoms with Crippen LogP contribution in [0.25, 0.3) is 0 Å². The van der Waals surface area contributed by atoms with E-state index < -0.39 is 10.0 Å². The maximum Gasteiger partial charge on any atom is 0.240 e. The molecular weight excluding hydrogens is 404 g/mol. The molecule has 1 amide bonds. The largest absolute Gasteiger partial charge is 0.493 e. The molecule has 0 unspecified atom stereocenters. The molecule has 0 fully saturated rings. The van der Waals surface area contributed by atoms with Gasteiger partial charge < -0.3 is 14.8 Å². The van der Waals surface area contributed by atoms with Gasteiger partial charge in [0.15, 0.2) is 0 Å². The molecule has 9 heteroatoms. The van der Waals surface area contributed by atoms with Crippen LogP contribution in [0.5, 0.6) is 5.75 Å². The van der Waals surface area contributed by atoms with Crippen molar-refractivity contribution in [2.45, 2.75) is 17.9 Å². The summed E-state index contributed by atoms with van der Waals surface area (Å²) < 4.78 is 36.9. The molecule has 0 spiro atoms. The Hall–Kier alpha value is -2.13. The second-order valence-electron chi connectivity index (χ2n) is 5.86. The van der Waals surface area contributed by atoms with E-state index >= 15 is 0 Å². The molecule has 0 saturated heterocycles. The Kier molecular flexibility index (Phi) is 8.72. The van der Waals surface area contributed by atoms with Gasteiger partial charge in [0.2, 0.25) is 15.9 Å². The zero-order valence-electron chi connectivity index (χ0n) is 15.5. The highest BCUT2D eigenvalue weighted by Gasteiger charge is 2.13. The number of hydrogen-bond donors (Lipinski definition) is 2. The summed E-state index contributed by atoms with van der Waals surface area (Å²) >= 11 is 5.80.